The number of carbonyl (C=O) groups is 1. The van der Waals surface area contributed by atoms with Crippen LogP contribution >= 0.6 is 12.2 Å². The summed E-state index contributed by atoms with van der Waals surface area (Å²) in [6.45, 7) is 1.84. The molecule has 0 aliphatic rings. The number of nitrogens with one attached hydrogen (secondary N) is 1. The first-order valence-electron chi connectivity index (χ1n) is 5.66. The van der Waals surface area contributed by atoms with E-state index in [4.69, 9.17) is 18.0 Å². The summed E-state index contributed by atoms with van der Waals surface area (Å²) in [5.74, 6) is -0.398. The summed E-state index contributed by atoms with van der Waals surface area (Å²) < 4.78 is 22.8. The highest BCUT2D eigenvalue weighted by Crippen LogP contribution is 2.11. The average Bonchev–Trinajstić information content (AvgIpc) is 2.34. The van der Waals surface area contributed by atoms with Crippen LogP contribution in [-0.2, 0) is 9.84 Å². The van der Waals surface area contributed by atoms with Crippen molar-refractivity contribution in [1.82, 2.24) is 5.32 Å². The maximum absolute atomic E-state index is 12.0. The third kappa shape index (κ3) is 4.29. The van der Waals surface area contributed by atoms with Crippen molar-refractivity contribution in [2.45, 2.75) is 24.3 Å². The lowest BCUT2D eigenvalue weighted by Crippen LogP contribution is -2.43. The van der Waals surface area contributed by atoms with E-state index < -0.39 is 21.8 Å². The molecule has 0 heterocycles. The van der Waals surface area contributed by atoms with E-state index in [0.717, 1.165) is 6.26 Å². The van der Waals surface area contributed by atoms with Gasteiger partial charge in [0.05, 0.1) is 15.9 Å². The minimum atomic E-state index is -3.34. The average molecular weight is 300 g/mol. The first-order valence-corrected chi connectivity index (χ1v) is 7.96. The van der Waals surface area contributed by atoms with Crippen molar-refractivity contribution in [1.29, 1.82) is 0 Å². The number of nitrogens with two attached hydrogens (primary N) is 1. The van der Waals surface area contributed by atoms with Crippen LogP contribution in [0.5, 0.6) is 0 Å². The zero-order valence-electron chi connectivity index (χ0n) is 10.7. The first kappa shape index (κ1) is 15.6. The fraction of sp³-hybridized carbons (Fsp3) is 0.333. The Morgan fingerprint density at radius 1 is 1.47 bits per heavy atom. The molecule has 3 N–H and O–H groups in total. The van der Waals surface area contributed by atoms with E-state index in [9.17, 15) is 13.2 Å². The summed E-state index contributed by atoms with van der Waals surface area (Å²) >= 11 is 4.84. The molecule has 0 radical (unpaired) electrons. The van der Waals surface area contributed by atoms with Crippen LogP contribution in [0.15, 0.2) is 29.2 Å². The van der Waals surface area contributed by atoms with Crippen LogP contribution in [0.1, 0.15) is 23.7 Å². The van der Waals surface area contributed by atoms with Crippen LogP contribution < -0.4 is 11.1 Å². The molecular formula is C12H16N2O3S2. The molecule has 1 unspecified atom stereocenters. The van der Waals surface area contributed by atoms with Gasteiger partial charge in [-0.3, -0.25) is 4.79 Å². The molecule has 1 aromatic rings. The van der Waals surface area contributed by atoms with Gasteiger partial charge in [0, 0.05) is 11.8 Å². The molecule has 0 fully saturated rings. The summed E-state index contributed by atoms with van der Waals surface area (Å²) in [6.07, 6.45) is 1.67. The van der Waals surface area contributed by atoms with Gasteiger partial charge in [0.25, 0.3) is 5.91 Å². The van der Waals surface area contributed by atoms with Gasteiger partial charge in [-0.25, -0.2) is 8.42 Å². The quantitative estimate of drug-likeness (QED) is 0.788. The monoisotopic (exact) mass is 300 g/mol. The van der Waals surface area contributed by atoms with Crippen LogP contribution in [0.2, 0.25) is 0 Å². The predicted molar refractivity (Wildman–Crippen MR) is 77.9 cm³/mol. The summed E-state index contributed by atoms with van der Waals surface area (Å²) in [5, 5.41) is 2.66. The highest BCUT2D eigenvalue weighted by Gasteiger charge is 2.16. The van der Waals surface area contributed by atoms with E-state index in [2.05, 4.69) is 5.32 Å². The molecule has 0 aromatic heterocycles. The highest BCUT2D eigenvalue weighted by molar-refractivity contribution is 7.90. The molecule has 5 nitrogen and oxygen atoms in total. The van der Waals surface area contributed by atoms with E-state index in [0.29, 0.717) is 6.42 Å². The van der Waals surface area contributed by atoms with E-state index in [1.54, 1.807) is 0 Å². The van der Waals surface area contributed by atoms with Gasteiger partial charge in [-0.2, -0.15) is 0 Å². The SMILES string of the molecule is CCC(NC(=O)c1cccc(S(C)(=O)=O)c1)C(N)=S. The maximum Gasteiger partial charge on any atom is 0.251 e. The number of rotatable bonds is 5. The molecule has 0 saturated heterocycles. The summed E-state index contributed by atoms with van der Waals surface area (Å²) in [7, 11) is -3.34. The van der Waals surface area contributed by atoms with Gasteiger partial charge >= 0.3 is 0 Å². The van der Waals surface area contributed by atoms with Gasteiger partial charge in [-0.15, -0.1) is 0 Å². The van der Waals surface area contributed by atoms with Crippen LogP contribution in [0.25, 0.3) is 0 Å². The Bertz CT molecular complexity index is 597. The number of sulfone groups is 1. The number of hydrogen-bond acceptors (Lipinski definition) is 4. The van der Waals surface area contributed by atoms with Crippen LogP contribution in [0, 0.1) is 0 Å². The van der Waals surface area contributed by atoms with Gasteiger partial charge in [-0.05, 0) is 24.6 Å². The predicted octanol–water partition coefficient (Wildman–Crippen LogP) is 0.885. The van der Waals surface area contributed by atoms with Gasteiger partial charge in [-0.1, -0.05) is 25.2 Å². The molecule has 0 bridgehead atoms. The van der Waals surface area contributed by atoms with Gasteiger partial charge in [0.2, 0.25) is 0 Å². The highest BCUT2D eigenvalue weighted by atomic mass is 32.2. The molecule has 1 rings (SSSR count). The molecule has 1 amide bonds. The Labute approximate surface area is 118 Å². The van der Waals surface area contributed by atoms with Crippen LogP contribution in [0.4, 0.5) is 0 Å². The van der Waals surface area contributed by atoms with Crippen molar-refractivity contribution in [2.75, 3.05) is 6.26 Å². The first-order chi connectivity index (χ1) is 8.75. The van der Waals surface area contributed by atoms with Gasteiger partial charge in [0.15, 0.2) is 9.84 Å². The van der Waals surface area contributed by atoms with Crippen molar-refractivity contribution in [2.24, 2.45) is 5.73 Å². The molecule has 19 heavy (non-hydrogen) atoms. The summed E-state index contributed by atoms with van der Waals surface area (Å²) in [6, 6.07) is 5.43. The molecule has 0 aliphatic carbocycles. The lowest BCUT2D eigenvalue weighted by molar-refractivity contribution is 0.0946. The number of hydrogen-bond donors (Lipinski definition) is 2. The largest absolute Gasteiger partial charge is 0.392 e. The Hall–Kier alpha value is -1.47. The standard InChI is InChI=1S/C12H16N2O3S2/c1-3-10(11(13)18)14-12(15)8-5-4-6-9(7-8)19(2,16)17/h4-7,10H,3H2,1-2H3,(H2,13,18)(H,14,15). The topological polar surface area (TPSA) is 89.3 Å². The molecule has 0 spiro atoms. The summed E-state index contributed by atoms with van der Waals surface area (Å²) in [5.41, 5.74) is 5.76. The third-order valence-corrected chi connectivity index (χ3v) is 3.98. The Morgan fingerprint density at radius 3 is 2.58 bits per heavy atom. The normalized spacial score (nSPS) is 12.7. The van der Waals surface area contributed by atoms with E-state index in [1.165, 1.54) is 24.3 Å². The molecule has 0 aliphatic heterocycles. The fourth-order valence-corrected chi connectivity index (χ4v) is 2.38. The molecule has 104 valence electrons. The smallest absolute Gasteiger partial charge is 0.251 e. The number of carbonyl (C=O) groups excluding carboxylic acids is 1. The molecule has 1 aromatic carbocycles. The Kier molecular flexibility index (Phi) is 5.02. The maximum atomic E-state index is 12.0. The van der Waals surface area contributed by atoms with Gasteiger partial charge < -0.3 is 11.1 Å². The molecular weight excluding hydrogens is 284 g/mol. The number of benzene rings is 1. The molecule has 7 heteroatoms. The van der Waals surface area contributed by atoms with Crippen molar-refractivity contribution in [3.63, 3.8) is 0 Å². The van der Waals surface area contributed by atoms with Crippen molar-refractivity contribution < 1.29 is 13.2 Å². The lowest BCUT2D eigenvalue weighted by Gasteiger charge is -2.15. The minimum absolute atomic E-state index is 0.100. The van der Waals surface area contributed by atoms with Crippen LogP contribution in [0.3, 0.4) is 0 Å². The molecule has 0 saturated carbocycles. The van der Waals surface area contributed by atoms with E-state index >= 15 is 0 Å². The minimum Gasteiger partial charge on any atom is -0.392 e. The van der Waals surface area contributed by atoms with Crippen molar-refractivity contribution in [3.8, 4) is 0 Å². The second-order valence-corrected chi connectivity index (χ2v) is 6.62. The fourth-order valence-electron chi connectivity index (χ4n) is 1.48. The second kappa shape index (κ2) is 6.12. The second-order valence-electron chi connectivity index (χ2n) is 4.14. The van der Waals surface area contributed by atoms with Crippen molar-refractivity contribution >= 4 is 33.0 Å². The van der Waals surface area contributed by atoms with Crippen molar-refractivity contribution in [3.05, 3.63) is 29.8 Å². The number of amides is 1. The Morgan fingerprint density at radius 2 is 2.11 bits per heavy atom. The Balaban J connectivity index is 2.98. The van der Waals surface area contributed by atoms with Gasteiger partial charge in [0.1, 0.15) is 0 Å². The zero-order valence-corrected chi connectivity index (χ0v) is 12.3. The molecule has 1 atom stereocenters. The summed E-state index contributed by atoms with van der Waals surface area (Å²) in [4.78, 5) is 12.3. The van der Waals surface area contributed by atoms with E-state index in [1.807, 2.05) is 6.92 Å². The number of thiocarbonyl (C=S) groups is 1. The third-order valence-electron chi connectivity index (χ3n) is 2.58. The van der Waals surface area contributed by atoms with E-state index in [-0.39, 0.29) is 15.4 Å². The lowest BCUT2D eigenvalue weighted by atomic mass is 10.1. The zero-order chi connectivity index (χ0) is 14.6. The van der Waals surface area contributed by atoms with Crippen LogP contribution in [-0.4, -0.2) is 31.6 Å².